The zero-order chi connectivity index (χ0) is 11.5. The van der Waals surface area contributed by atoms with Crippen LogP contribution in [0.15, 0.2) is 15.9 Å². The predicted octanol–water partition coefficient (Wildman–Crippen LogP) is 2.36. The normalized spacial score (nSPS) is 20.4. The van der Waals surface area contributed by atoms with Crippen LogP contribution in [0.4, 0.5) is 0 Å². The minimum Gasteiger partial charge on any atom is -0.396 e. The molecule has 0 aromatic carbocycles. The van der Waals surface area contributed by atoms with E-state index >= 15 is 0 Å². The SMILES string of the molecule is O=C(c1sccc1Br)N1CCC(CCO)C1. The van der Waals surface area contributed by atoms with Crippen LogP contribution in [-0.2, 0) is 0 Å². The summed E-state index contributed by atoms with van der Waals surface area (Å²) in [7, 11) is 0. The molecule has 0 aliphatic carbocycles. The monoisotopic (exact) mass is 303 g/mol. The predicted molar refractivity (Wildman–Crippen MR) is 67.7 cm³/mol. The Morgan fingerprint density at radius 3 is 3.12 bits per heavy atom. The number of aliphatic hydroxyl groups excluding tert-OH is 1. The molecule has 0 saturated carbocycles. The van der Waals surface area contributed by atoms with E-state index in [-0.39, 0.29) is 12.5 Å². The van der Waals surface area contributed by atoms with Gasteiger partial charge in [0.2, 0.25) is 0 Å². The first-order valence-electron chi connectivity index (χ1n) is 5.35. The lowest BCUT2D eigenvalue weighted by Crippen LogP contribution is -2.28. The maximum absolute atomic E-state index is 12.1. The molecule has 1 aromatic heterocycles. The fourth-order valence-electron chi connectivity index (χ4n) is 2.03. The molecule has 1 saturated heterocycles. The second-order valence-corrected chi connectivity index (χ2v) is 5.79. The van der Waals surface area contributed by atoms with Crippen LogP contribution in [0.25, 0.3) is 0 Å². The Morgan fingerprint density at radius 1 is 1.69 bits per heavy atom. The van der Waals surface area contributed by atoms with Crippen molar-refractivity contribution in [2.75, 3.05) is 19.7 Å². The summed E-state index contributed by atoms with van der Waals surface area (Å²) < 4.78 is 0.883. The molecule has 2 rings (SSSR count). The maximum atomic E-state index is 12.1. The molecule has 3 nitrogen and oxygen atoms in total. The van der Waals surface area contributed by atoms with Crippen LogP contribution in [0.5, 0.6) is 0 Å². The molecule has 1 N–H and O–H groups in total. The molecule has 0 radical (unpaired) electrons. The first-order chi connectivity index (χ1) is 7.72. The van der Waals surface area contributed by atoms with Gasteiger partial charge in [-0.05, 0) is 46.1 Å². The van der Waals surface area contributed by atoms with Crippen LogP contribution < -0.4 is 0 Å². The molecular weight excluding hydrogens is 290 g/mol. The number of amides is 1. The number of aliphatic hydroxyl groups is 1. The maximum Gasteiger partial charge on any atom is 0.265 e. The lowest BCUT2D eigenvalue weighted by atomic mass is 10.1. The van der Waals surface area contributed by atoms with E-state index in [1.54, 1.807) is 0 Å². The van der Waals surface area contributed by atoms with Crippen molar-refractivity contribution in [3.63, 3.8) is 0 Å². The number of hydrogen-bond donors (Lipinski definition) is 1. The second kappa shape index (κ2) is 5.29. The van der Waals surface area contributed by atoms with E-state index in [2.05, 4.69) is 15.9 Å². The van der Waals surface area contributed by atoms with E-state index in [4.69, 9.17) is 5.11 Å². The van der Waals surface area contributed by atoms with E-state index in [0.29, 0.717) is 5.92 Å². The minimum atomic E-state index is 0.113. The van der Waals surface area contributed by atoms with Gasteiger partial charge >= 0.3 is 0 Å². The molecule has 1 aromatic rings. The number of likely N-dealkylation sites (tertiary alicyclic amines) is 1. The Bertz CT molecular complexity index is 380. The topological polar surface area (TPSA) is 40.5 Å². The van der Waals surface area contributed by atoms with Gasteiger partial charge in [-0.1, -0.05) is 0 Å². The summed E-state index contributed by atoms with van der Waals surface area (Å²) in [5.74, 6) is 0.579. The summed E-state index contributed by atoms with van der Waals surface area (Å²) in [6, 6.07) is 1.90. The van der Waals surface area contributed by atoms with Crippen LogP contribution in [-0.4, -0.2) is 35.6 Å². The molecule has 1 aliphatic heterocycles. The number of thiophene rings is 1. The van der Waals surface area contributed by atoms with Crippen molar-refractivity contribution in [1.29, 1.82) is 0 Å². The first-order valence-corrected chi connectivity index (χ1v) is 7.02. The zero-order valence-electron chi connectivity index (χ0n) is 8.86. The fraction of sp³-hybridized carbons (Fsp3) is 0.545. The Morgan fingerprint density at radius 2 is 2.50 bits per heavy atom. The number of nitrogens with zero attached hydrogens (tertiary/aromatic N) is 1. The largest absolute Gasteiger partial charge is 0.396 e. The average molecular weight is 304 g/mol. The molecule has 0 spiro atoms. The molecule has 88 valence electrons. The number of carbonyl (C=O) groups excluding carboxylic acids is 1. The van der Waals surface area contributed by atoms with Crippen LogP contribution in [0, 0.1) is 5.92 Å². The summed E-state index contributed by atoms with van der Waals surface area (Å²) in [5.41, 5.74) is 0. The highest BCUT2D eigenvalue weighted by Crippen LogP contribution is 2.27. The van der Waals surface area contributed by atoms with Crippen molar-refractivity contribution in [3.05, 3.63) is 20.8 Å². The van der Waals surface area contributed by atoms with E-state index in [1.807, 2.05) is 16.3 Å². The highest BCUT2D eigenvalue weighted by atomic mass is 79.9. The van der Waals surface area contributed by atoms with Crippen molar-refractivity contribution in [1.82, 2.24) is 4.90 Å². The fourth-order valence-corrected chi connectivity index (χ4v) is 3.53. The highest BCUT2D eigenvalue weighted by Gasteiger charge is 2.27. The molecule has 1 aliphatic rings. The van der Waals surface area contributed by atoms with Gasteiger partial charge in [-0.2, -0.15) is 0 Å². The molecule has 1 unspecified atom stereocenters. The van der Waals surface area contributed by atoms with Gasteiger partial charge in [-0.25, -0.2) is 0 Å². The molecule has 1 amide bonds. The number of halogens is 1. The van der Waals surface area contributed by atoms with Crippen molar-refractivity contribution in [2.24, 2.45) is 5.92 Å². The summed E-state index contributed by atoms with van der Waals surface area (Å²) in [5, 5.41) is 10.8. The van der Waals surface area contributed by atoms with E-state index in [1.165, 1.54) is 11.3 Å². The van der Waals surface area contributed by atoms with Crippen LogP contribution in [0.1, 0.15) is 22.5 Å². The van der Waals surface area contributed by atoms with Gasteiger partial charge in [0, 0.05) is 24.2 Å². The van der Waals surface area contributed by atoms with Gasteiger partial charge in [0.05, 0.1) is 0 Å². The standard InChI is InChI=1S/C11H14BrNO2S/c12-9-3-6-16-10(9)11(15)13-4-1-8(7-13)2-5-14/h3,6,8,14H,1-2,4-5,7H2. The molecule has 1 atom stereocenters. The van der Waals surface area contributed by atoms with Crippen molar-refractivity contribution in [3.8, 4) is 0 Å². The van der Waals surface area contributed by atoms with Crippen LogP contribution in [0.3, 0.4) is 0 Å². The van der Waals surface area contributed by atoms with Crippen LogP contribution in [0.2, 0.25) is 0 Å². The Balaban J connectivity index is 2.00. The Hall–Kier alpha value is -0.390. The van der Waals surface area contributed by atoms with E-state index < -0.39 is 0 Å². The molecule has 16 heavy (non-hydrogen) atoms. The third kappa shape index (κ3) is 2.47. The smallest absolute Gasteiger partial charge is 0.265 e. The third-order valence-corrected chi connectivity index (χ3v) is 4.75. The molecular formula is C11H14BrNO2S. The molecule has 2 heterocycles. The molecule has 0 bridgehead atoms. The van der Waals surface area contributed by atoms with Gasteiger partial charge in [0.15, 0.2) is 0 Å². The quantitative estimate of drug-likeness (QED) is 0.931. The Labute approximate surface area is 107 Å². The van der Waals surface area contributed by atoms with E-state index in [9.17, 15) is 4.79 Å². The van der Waals surface area contributed by atoms with Gasteiger partial charge in [-0.3, -0.25) is 4.79 Å². The summed E-state index contributed by atoms with van der Waals surface area (Å²) in [4.78, 5) is 14.8. The highest BCUT2D eigenvalue weighted by molar-refractivity contribution is 9.10. The van der Waals surface area contributed by atoms with Gasteiger partial charge in [0.25, 0.3) is 5.91 Å². The third-order valence-electron chi connectivity index (χ3n) is 2.92. The number of carbonyl (C=O) groups is 1. The van der Waals surface area contributed by atoms with Gasteiger partial charge < -0.3 is 10.0 Å². The first kappa shape index (κ1) is 12.1. The Kier molecular flexibility index (Phi) is 4.00. The zero-order valence-corrected chi connectivity index (χ0v) is 11.3. The lowest BCUT2D eigenvalue weighted by Gasteiger charge is -2.15. The van der Waals surface area contributed by atoms with Crippen molar-refractivity contribution >= 4 is 33.2 Å². The van der Waals surface area contributed by atoms with Crippen LogP contribution >= 0.6 is 27.3 Å². The average Bonchev–Trinajstić information content (AvgIpc) is 2.87. The minimum absolute atomic E-state index is 0.113. The summed E-state index contributed by atoms with van der Waals surface area (Å²) in [6.07, 6.45) is 1.81. The van der Waals surface area contributed by atoms with Gasteiger partial charge in [-0.15, -0.1) is 11.3 Å². The summed E-state index contributed by atoms with van der Waals surface area (Å²) in [6.45, 7) is 1.81. The van der Waals surface area contributed by atoms with Gasteiger partial charge in [0.1, 0.15) is 4.88 Å². The van der Waals surface area contributed by atoms with E-state index in [0.717, 1.165) is 35.3 Å². The summed E-state index contributed by atoms with van der Waals surface area (Å²) >= 11 is 4.85. The van der Waals surface area contributed by atoms with Crippen molar-refractivity contribution in [2.45, 2.75) is 12.8 Å². The second-order valence-electron chi connectivity index (χ2n) is 4.02. The molecule has 5 heteroatoms. The molecule has 1 fully saturated rings. The van der Waals surface area contributed by atoms with Crippen molar-refractivity contribution < 1.29 is 9.90 Å². The lowest BCUT2D eigenvalue weighted by molar-refractivity contribution is 0.0788. The number of rotatable bonds is 3. The number of hydrogen-bond acceptors (Lipinski definition) is 3.